The first-order valence-corrected chi connectivity index (χ1v) is 6.86. The van der Waals surface area contributed by atoms with E-state index in [9.17, 15) is 0 Å². The van der Waals surface area contributed by atoms with Crippen molar-refractivity contribution in [2.75, 3.05) is 53.6 Å². The molecule has 0 atom stereocenters. The molecular formula is C14H28N2O2. The van der Waals surface area contributed by atoms with Crippen LogP contribution in [0.3, 0.4) is 0 Å². The predicted octanol–water partition coefficient (Wildman–Crippen LogP) is 1.28. The maximum Gasteiger partial charge on any atom is 0.0589 e. The van der Waals surface area contributed by atoms with Gasteiger partial charge in [-0.15, -0.1) is 0 Å². The van der Waals surface area contributed by atoms with Crippen molar-refractivity contribution in [2.24, 2.45) is 0 Å². The average Bonchev–Trinajstić information content (AvgIpc) is 3.17. The van der Waals surface area contributed by atoms with Crippen LogP contribution < -0.4 is 5.32 Å². The first kappa shape index (κ1) is 15.6. The van der Waals surface area contributed by atoms with Crippen molar-refractivity contribution >= 4 is 0 Å². The molecule has 4 heteroatoms. The second-order valence-corrected chi connectivity index (χ2v) is 5.02. The second kappa shape index (κ2) is 9.50. The number of hydrogen-bond acceptors (Lipinski definition) is 4. The minimum absolute atomic E-state index is 0.752. The molecule has 0 bridgehead atoms. The Kier molecular flexibility index (Phi) is 8.25. The van der Waals surface area contributed by atoms with Crippen molar-refractivity contribution in [1.82, 2.24) is 10.2 Å². The fourth-order valence-electron chi connectivity index (χ4n) is 1.87. The van der Waals surface area contributed by atoms with Crippen LogP contribution in [0, 0.1) is 0 Å². The average molecular weight is 256 g/mol. The Bertz CT molecular complexity index is 230. The topological polar surface area (TPSA) is 33.7 Å². The Hall–Kier alpha value is -0.420. The van der Waals surface area contributed by atoms with Gasteiger partial charge >= 0.3 is 0 Å². The molecule has 1 aliphatic rings. The molecular weight excluding hydrogens is 228 g/mol. The van der Waals surface area contributed by atoms with Gasteiger partial charge in [-0.1, -0.05) is 6.58 Å². The molecule has 1 rings (SSSR count). The molecule has 1 aliphatic carbocycles. The molecule has 0 saturated heterocycles. The molecule has 0 aliphatic heterocycles. The molecule has 106 valence electrons. The van der Waals surface area contributed by atoms with E-state index in [-0.39, 0.29) is 0 Å². The van der Waals surface area contributed by atoms with Crippen LogP contribution in [0.4, 0.5) is 0 Å². The normalized spacial score (nSPS) is 15.3. The lowest BCUT2D eigenvalue weighted by atomic mass is 10.2. The Balaban J connectivity index is 2.16. The van der Waals surface area contributed by atoms with Crippen LogP contribution in [0.1, 0.15) is 19.3 Å². The molecule has 18 heavy (non-hydrogen) atoms. The van der Waals surface area contributed by atoms with Crippen LogP contribution >= 0.6 is 0 Å². The van der Waals surface area contributed by atoms with E-state index < -0.39 is 0 Å². The van der Waals surface area contributed by atoms with Crippen LogP contribution in [0.25, 0.3) is 0 Å². The van der Waals surface area contributed by atoms with Crippen molar-refractivity contribution < 1.29 is 9.47 Å². The van der Waals surface area contributed by atoms with Crippen LogP contribution in [0.5, 0.6) is 0 Å². The number of nitrogens with one attached hydrogen (secondary N) is 1. The molecule has 1 saturated carbocycles. The van der Waals surface area contributed by atoms with Crippen molar-refractivity contribution in [3.63, 3.8) is 0 Å². The molecule has 0 amide bonds. The van der Waals surface area contributed by atoms with Crippen molar-refractivity contribution in [3.05, 3.63) is 12.2 Å². The number of ether oxygens (including phenoxy) is 2. The summed E-state index contributed by atoms with van der Waals surface area (Å²) in [7, 11) is 3.49. The molecule has 1 N–H and O–H groups in total. The van der Waals surface area contributed by atoms with E-state index >= 15 is 0 Å². The highest BCUT2D eigenvalue weighted by molar-refractivity contribution is 5.01. The summed E-state index contributed by atoms with van der Waals surface area (Å²) in [5, 5.41) is 3.50. The highest BCUT2D eigenvalue weighted by atomic mass is 16.5. The van der Waals surface area contributed by atoms with Gasteiger partial charge in [0.1, 0.15) is 0 Å². The monoisotopic (exact) mass is 256 g/mol. The van der Waals surface area contributed by atoms with Gasteiger partial charge in [0.25, 0.3) is 0 Å². The van der Waals surface area contributed by atoms with Crippen LogP contribution in [0.2, 0.25) is 0 Å². The first-order chi connectivity index (χ1) is 8.76. The number of rotatable bonds is 12. The van der Waals surface area contributed by atoms with E-state index in [0.717, 1.165) is 51.9 Å². The minimum Gasteiger partial charge on any atom is -0.385 e. The summed E-state index contributed by atoms with van der Waals surface area (Å²) < 4.78 is 10.2. The SMILES string of the molecule is C=C(CNC1CC1)CN(CCCOC)CCOC. The maximum absolute atomic E-state index is 5.15. The third kappa shape index (κ3) is 7.82. The summed E-state index contributed by atoms with van der Waals surface area (Å²) in [6.07, 6.45) is 3.71. The Morgan fingerprint density at radius 3 is 2.56 bits per heavy atom. The molecule has 1 fully saturated rings. The smallest absolute Gasteiger partial charge is 0.0589 e. The fraction of sp³-hybridized carbons (Fsp3) is 0.857. The molecule has 0 heterocycles. The zero-order valence-electron chi connectivity index (χ0n) is 11.9. The van der Waals surface area contributed by atoms with E-state index in [0.29, 0.717) is 0 Å². The van der Waals surface area contributed by atoms with Crippen molar-refractivity contribution in [3.8, 4) is 0 Å². The van der Waals surface area contributed by atoms with E-state index in [2.05, 4.69) is 16.8 Å². The molecule has 0 spiro atoms. The van der Waals surface area contributed by atoms with E-state index in [1.54, 1.807) is 14.2 Å². The molecule has 4 nitrogen and oxygen atoms in total. The largest absolute Gasteiger partial charge is 0.385 e. The molecule has 0 aromatic carbocycles. The Labute approximate surface area is 111 Å². The summed E-state index contributed by atoms with van der Waals surface area (Å²) in [6.45, 7) is 9.64. The van der Waals surface area contributed by atoms with Gasteiger partial charge in [0.2, 0.25) is 0 Å². The van der Waals surface area contributed by atoms with Crippen molar-refractivity contribution in [1.29, 1.82) is 0 Å². The summed E-state index contributed by atoms with van der Waals surface area (Å²) in [6, 6.07) is 0.752. The van der Waals surface area contributed by atoms with Crippen LogP contribution in [-0.2, 0) is 9.47 Å². The zero-order valence-corrected chi connectivity index (χ0v) is 11.9. The van der Waals surface area contributed by atoms with Gasteiger partial charge in [0, 0.05) is 53.0 Å². The summed E-state index contributed by atoms with van der Waals surface area (Å²) in [5.74, 6) is 0. The third-order valence-electron chi connectivity index (χ3n) is 3.10. The highest BCUT2D eigenvalue weighted by Crippen LogP contribution is 2.18. The fourth-order valence-corrected chi connectivity index (χ4v) is 1.87. The zero-order chi connectivity index (χ0) is 13.2. The van der Waals surface area contributed by atoms with Gasteiger partial charge in [-0.25, -0.2) is 0 Å². The van der Waals surface area contributed by atoms with Gasteiger partial charge in [-0.05, 0) is 24.8 Å². The molecule has 0 radical (unpaired) electrons. The van der Waals surface area contributed by atoms with Crippen LogP contribution in [-0.4, -0.2) is 64.6 Å². The van der Waals surface area contributed by atoms with E-state index in [1.807, 2.05) is 0 Å². The highest BCUT2D eigenvalue weighted by Gasteiger charge is 2.20. The lowest BCUT2D eigenvalue weighted by Crippen LogP contribution is -2.33. The predicted molar refractivity (Wildman–Crippen MR) is 75.0 cm³/mol. The van der Waals surface area contributed by atoms with E-state index in [4.69, 9.17) is 9.47 Å². The van der Waals surface area contributed by atoms with Gasteiger partial charge in [0.05, 0.1) is 6.61 Å². The van der Waals surface area contributed by atoms with Gasteiger partial charge < -0.3 is 14.8 Å². The molecule has 0 aromatic rings. The second-order valence-electron chi connectivity index (χ2n) is 5.02. The lowest BCUT2D eigenvalue weighted by Gasteiger charge is -2.23. The quantitative estimate of drug-likeness (QED) is 0.421. The number of hydrogen-bond donors (Lipinski definition) is 1. The number of nitrogens with zero attached hydrogens (tertiary/aromatic N) is 1. The first-order valence-electron chi connectivity index (χ1n) is 6.86. The maximum atomic E-state index is 5.15. The Morgan fingerprint density at radius 1 is 1.22 bits per heavy atom. The summed E-state index contributed by atoms with van der Waals surface area (Å²) in [5.41, 5.74) is 1.26. The van der Waals surface area contributed by atoms with Crippen molar-refractivity contribution in [2.45, 2.75) is 25.3 Å². The lowest BCUT2D eigenvalue weighted by molar-refractivity contribution is 0.137. The van der Waals surface area contributed by atoms with Gasteiger partial charge in [0.15, 0.2) is 0 Å². The molecule has 0 aromatic heterocycles. The summed E-state index contributed by atoms with van der Waals surface area (Å²) in [4.78, 5) is 2.39. The van der Waals surface area contributed by atoms with Gasteiger partial charge in [-0.2, -0.15) is 0 Å². The summed E-state index contributed by atoms with van der Waals surface area (Å²) >= 11 is 0. The Morgan fingerprint density at radius 2 is 1.94 bits per heavy atom. The van der Waals surface area contributed by atoms with Crippen LogP contribution in [0.15, 0.2) is 12.2 Å². The van der Waals surface area contributed by atoms with E-state index in [1.165, 1.54) is 18.4 Å². The number of methoxy groups -OCH3 is 2. The molecule has 0 unspecified atom stereocenters. The standard InChI is InChI=1S/C14H28N2O2/c1-13(11-15-14-5-6-14)12-16(8-10-18-3)7-4-9-17-2/h14-15H,1,4-12H2,2-3H3. The minimum atomic E-state index is 0.752. The van der Waals surface area contributed by atoms with Gasteiger partial charge in [-0.3, -0.25) is 4.90 Å². The third-order valence-corrected chi connectivity index (χ3v) is 3.10.